The molecule has 64 valence electrons. The first-order valence-corrected chi connectivity index (χ1v) is 5.59. The van der Waals surface area contributed by atoms with Crippen molar-refractivity contribution < 1.29 is 8.21 Å². The van der Waals surface area contributed by atoms with Crippen LogP contribution in [0.1, 0.15) is 16.8 Å². The Morgan fingerprint density at radius 3 is 3.08 bits per heavy atom. The molecule has 0 saturated carbocycles. The molecule has 0 aliphatic carbocycles. The van der Waals surface area contributed by atoms with E-state index in [1.807, 2.05) is 6.07 Å². The molecule has 1 unspecified atom stereocenters. The van der Waals surface area contributed by atoms with Gasteiger partial charge in [-0.3, -0.25) is 0 Å². The van der Waals surface area contributed by atoms with Crippen molar-refractivity contribution in [3.63, 3.8) is 0 Å². The van der Waals surface area contributed by atoms with Crippen molar-refractivity contribution in [3.05, 3.63) is 35.6 Å². The van der Waals surface area contributed by atoms with Gasteiger partial charge < -0.3 is 0 Å². The first kappa shape index (κ1) is 8.24. The third-order valence-corrected chi connectivity index (χ3v) is 4.06. The summed E-state index contributed by atoms with van der Waals surface area (Å²) in [5, 5.41) is 0. The fourth-order valence-corrected chi connectivity index (χ4v) is 2.96. The first-order chi connectivity index (χ1) is 5.86. The van der Waals surface area contributed by atoms with Gasteiger partial charge in [-0.2, -0.15) is 0 Å². The Balaban J connectivity index is 2.21. The molecule has 1 aliphatic heterocycles. The second kappa shape index (κ2) is 3.56. The van der Waals surface area contributed by atoms with E-state index in [1.54, 1.807) is 12.1 Å². The van der Waals surface area contributed by atoms with E-state index in [-0.39, 0.29) is 21.1 Å². The Labute approximate surface area is 77.4 Å². The van der Waals surface area contributed by atoms with Crippen molar-refractivity contribution in [3.8, 4) is 0 Å². The summed E-state index contributed by atoms with van der Waals surface area (Å²) >= 11 is 0.216. The van der Waals surface area contributed by atoms with E-state index >= 15 is 0 Å². The van der Waals surface area contributed by atoms with Gasteiger partial charge in [-0.1, -0.05) is 0 Å². The molecule has 1 heterocycles. The van der Waals surface area contributed by atoms with E-state index in [9.17, 15) is 4.39 Å². The molecule has 1 fully saturated rings. The Hall–Kier alpha value is -0.371. The van der Waals surface area contributed by atoms with E-state index in [0.717, 1.165) is 18.6 Å². The minimum atomic E-state index is -0.143. The molecule has 1 aromatic carbocycles. The summed E-state index contributed by atoms with van der Waals surface area (Å²) < 4.78 is 18.1. The normalized spacial score (nSPS) is 22.9. The molecule has 0 N–H and O–H groups in total. The van der Waals surface area contributed by atoms with Crippen molar-refractivity contribution in [1.82, 2.24) is 0 Å². The van der Waals surface area contributed by atoms with Crippen molar-refractivity contribution in [2.24, 2.45) is 0 Å². The zero-order valence-electron chi connectivity index (χ0n) is 6.50. The second-order valence-electron chi connectivity index (χ2n) is 2.75. The Morgan fingerprint density at radius 1 is 1.50 bits per heavy atom. The second-order valence-corrected chi connectivity index (χ2v) is 4.84. The van der Waals surface area contributed by atoms with Crippen LogP contribution in [0.15, 0.2) is 24.3 Å². The molecular weight excluding hydrogens is 222 g/mol. The molecule has 0 spiro atoms. The van der Waals surface area contributed by atoms with E-state index in [1.165, 1.54) is 6.07 Å². The van der Waals surface area contributed by atoms with Crippen molar-refractivity contribution in [1.29, 1.82) is 0 Å². The van der Waals surface area contributed by atoms with Gasteiger partial charge in [0, 0.05) is 0 Å². The molecular formula is C9H9FOSe. The molecule has 0 amide bonds. The van der Waals surface area contributed by atoms with E-state index < -0.39 is 0 Å². The molecule has 2 rings (SSSR count). The predicted octanol–water partition coefficient (Wildman–Crippen LogP) is 1.91. The molecule has 0 radical (unpaired) electrons. The van der Waals surface area contributed by atoms with Gasteiger partial charge in [0.2, 0.25) is 0 Å². The van der Waals surface area contributed by atoms with Crippen LogP contribution >= 0.6 is 0 Å². The molecule has 1 aromatic rings. The molecule has 0 aromatic heterocycles. The average molecular weight is 231 g/mol. The van der Waals surface area contributed by atoms with Crippen LogP contribution in [0.5, 0.6) is 0 Å². The maximum atomic E-state index is 12.8. The molecule has 0 bridgehead atoms. The zero-order valence-corrected chi connectivity index (χ0v) is 8.21. The van der Waals surface area contributed by atoms with Crippen molar-refractivity contribution >= 4 is 15.3 Å². The minimum absolute atomic E-state index is 0.143. The van der Waals surface area contributed by atoms with Gasteiger partial charge in [0.25, 0.3) is 0 Å². The van der Waals surface area contributed by atoms with Gasteiger partial charge in [-0.05, 0) is 0 Å². The van der Waals surface area contributed by atoms with Gasteiger partial charge in [0.05, 0.1) is 0 Å². The summed E-state index contributed by atoms with van der Waals surface area (Å²) in [6.45, 7) is 0.835. The number of hydrogen-bond donors (Lipinski definition) is 0. The molecule has 12 heavy (non-hydrogen) atoms. The standard InChI is InChI=1S/C9H9FOSe/c10-8-3-1-2-7(6-8)9-4-5-11-12-9/h1-3,6,9H,4-5H2. The Morgan fingerprint density at radius 2 is 2.42 bits per heavy atom. The third kappa shape index (κ3) is 1.68. The van der Waals surface area contributed by atoms with Gasteiger partial charge in [0.15, 0.2) is 0 Å². The number of hydrogen-bond acceptors (Lipinski definition) is 1. The van der Waals surface area contributed by atoms with Gasteiger partial charge >= 0.3 is 77.0 Å². The van der Waals surface area contributed by atoms with Crippen LogP contribution in [-0.2, 0) is 3.82 Å². The van der Waals surface area contributed by atoms with Gasteiger partial charge in [0.1, 0.15) is 0 Å². The van der Waals surface area contributed by atoms with Crippen LogP contribution in [0, 0.1) is 5.82 Å². The monoisotopic (exact) mass is 232 g/mol. The van der Waals surface area contributed by atoms with Crippen LogP contribution in [-0.4, -0.2) is 21.9 Å². The van der Waals surface area contributed by atoms with Gasteiger partial charge in [-0.15, -0.1) is 0 Å². The third-order valence-electron chi connectivity index (χ3n) is 1.87. The van der Waals surface area contributed by atoms with E-state index in [4.69, 9.17) is 3.82 Å². The van der Waals surface area contributed by atoms with Crippen LogP contribution in [0.3, 0.4) is 0 Å². The number of rotatable bonds is 1. The predicted molar refractivity (Wildman–Crippen MR) is 45.5 cm³/mol. The average Bonchev–Trinajstić information content (AvgIpc) is 2.56. The summed E-state index contributed by atoms with van der Waals surface area (Å²) in [6.07, 6.45) is 1.05. The topological polar surface area (TPSA) is 9.23 Å². The molecule has 1 atom stereocenters. The Bertz CT molecular complexity index is 271. The van der Waals surface area contributed by atoms with Crippen LogP contribution in [0.25, 0.3) is 0 Å². The van der Waals surface area contributed by atoms with Crippen LogP contribution in [0.4, 0.5) is 4.39 Å². The summed E-state index contributed by atoms with van der Waals surface area (Å²) in [7, 11) is 0. The summed E-state index contributed by atoms with van der Waals surface area (Å²) in [5.41, 5.74) is 1.09. The quantitative estimate of drug-likeness (QED) is 0.671. The molecule has 3 heteroatoms. The Kier molecular flexibility index (Phi) is 2.45. The number of halogens is 1. The fourth-order valence-electron chi connectivity index (χ4n) is 1.26. The maximum absolute atomic E-state index is 12.8. The summed E-state index contributed by atoms with van der Waals surface area (Å²) in [4.78, 5) is 0.466. The van der Waals surface area contributed by atoms with Crippen molar-refractivity contribution in [2.45, 2.75) is 11.2 Å². The van der Waals surface area contributed by atoms with E-state index in [0.29, 0.717) is 4.82 Å². The SMILES string of the molecule is Fc1cccc(C2CCO[Se]2)c1. The van der Waals surface area contributed by atoms with Crippen LogP contribution < -0.4 is 0 Å². The van der Waals surface area contributed by atoms with E-state index in [2.05, 4.69) is 0 Å². The van der Waals surface area contributed by atoms with Gasteiger partial charge in [-0.25, -0.2) is 0 Å². The van der Waals surface area contributed by atoms with Crippen LogP contribution in [0.2, 0.25) is 0 Å². The fraction of sp³-hybridized carbons (Fsp3) is 0.333. The number of benzene rings is 1. The summed E-state index contributed by atoms with van der Waals surface area (Å²) in [6, 6.07) is 6.83. The van der Waals surface area contributed by atoms with Crippen molar-refractivity contribution in [2.75, 3.05) is 6.61 Å². The zero-order chi connectivity index (χ0) is 8.39. The molecule has 1 nitrogen and oxygen atoms in total. The first-order valence-electron chi connectivity index (χ1n) is 3.90. The molecule has 1 aliphatic rings. The molecule has 1 saturated heterocycles. The summed E-state index contributed by atoms with van der Waals surface area (Å²) in [5.74, 6) is -0.143.